The topological polar surface area (TPSA) is 35.9 Å². The predicted molar refractivity (Wildman–Crippen MR) is 105 cm³/mol. The molecule has 2 rings (SSSR count). The first-order chi connectivity index (χ1) is 12.0. The normalized spacial score (nSPS) is 17.2. The second kappa shape index (κ2) is 10.6. The summed E-state index contributed by atoms with van der Waals surface area (Å²) in [6.45, 7) is 9.58. The summed E-state index contributed by atoms with van der Waals surface area (Å²) in [6, 6.07) is 5.49. The maximum absolute atomic E-state index is 10.4. The Hall–Kier alpha value is -0.520. The first-order valence-corrected chi connectivity index (χ1v) is 9.93. The van der Waals surface area contributed by atoms with Crippen molar-refractivity contribution >= 4 is 23.2 Å². The highest BCUT2D eigenvalue weighted by atomic mass is 35.5. The molecular formula is C19H30Cl2N2O2. The van der Waals surface area contributed by atoms with Gasteiger partial charge in [-0.15, -0.1) is 0 Å². The molecule has 25 heavy (non-hydrogen) atoms. The summed E-state index contributed by atoms with van der Waals surface area (Å²) in [5.41, 5.74) is 0. The molecular weight excluding hydrogens is 359 g/mol. The van der Waals surface area contributed by atoms with Crippen LogP contribution in [0.1, 0.15) is 33.1 Å². The number of ether oxygens (including phenoxy) is 1. The molecule has 1 aromatic rings. The molecule has 1 aromatic carbocycles. The van der Waals surface area contributed by atoms with Crippen molar-refractivity contribution in [2.45, 2.75) is 45.3 Å². The van der Waals surface area contributed by atoms with Crippen molar-refractivity contribution in [3.63, 3.8) is 0 Å². The highest BCUT2D eigenvalue weighted by molar-refractivity contribution is 6.35. The Morgan fingerprint density at radius 1 is 1.20 bits per heavy atom. The lowest BCUT2D eigenvalue weighted by atomic mass is 10.1. The SMILES string of the molecule is CC(C)N(CCN1CCCCC1)CC(O)COc1ccc(Cl)cc1Cl. The van der Waals surface area contributed by atoms with Gasteiger partial charge in [0.25, 0.3) is 0 Å². The van der Waals surface area contributed by atoms with Crippen LogP contribution in [-0.4, -0.2) is 66.4 Å². The number of nitrogens with zero attached hydrogens (tertiary/aromatic N) is 2. The molecule has 1 saturated heterocycles. The van der Waals surface area contributed by atoms with E-state index < -0.39 is 6.10 Å². The summed E-state index contributed by atoms with van der Waals surface area (Å²) in [5.74, 6) is 0.550. The Labute approximate surface area is 161 Å². The van der Waals surface area contributed by atoms with E-state index in [1.807, 2.05) is 0 Å². The molecule has 4 nitrogen and oxygen atoms in total. The average Bonchev–Trinajstić information content (AvgIpc) is 2.58. The Morgan fingerprint density at radius 2 is 1.92 bits per heavy atom. The summed E-state index contributed by atoms with van der Waals surface area (Å²) in [5, 5.41) is 11.4. The van der Waals surface area contributed by atoms with E-state index in [0.29, 0.717) is 28.4 Å². The van der Waals surface area contributed by atoms with Crippen molar-refractivity contribution in [1.82, 2.24) is 9.80 Å². The highest BCUT2D eigenvalue weighted by Gasteiger charge is 2.18. The molecule has 6 heteroatoms. The number of benzene rings is 1. The average molecular weight is 389 g/mol. The predicted octanol–water partition coefficient (Wildman–Crippen LogP) is 3.93. The standard InChI is InChI=1S/C19H30Cl2N2O2/c1-15(2)23(11-10-22-8-4-3-5-9-22)13-17(24)14-25-19-7-6-16(20)12-18(19)21/h6-7,12,15,17,24H,3-5,8-11,13-14H2,1-2H3. The van der Waals surface area contributed by atoms with Crippen LogP contribution in [-0.2, 0) is 0 Å². The number of aliphatic hydroxyl groups excluding tert-OH is 1. The number of likely N-dealkylation sites (tertiary alicyclic amines) is 1. The maximum atomic E-state index is 10.4. The fourth-order valence-corrected chi connectivity index (χ4v) is 3.58. The zero-order valence-corrected chi connectivity index (χ0v) is 16.8. The number of halogens is 2. The third kappa shape index (κ3) is 7.32. The van der Waals surface area contributed by atoms with Crippen molar-refractivity contribution in [3.05, 3.63) is 28.2 Å². The third-order valence-electron chi connectivity index (χ3n) is 4.65. The molecule has 1 aliphatic heterocycles. The van der Waals surface area contributed by atoms with E-state index in [2.05, 4.69) is 23.6 Å². The van der Waals surface area contributed by atoms with Crippen LogP contribution in [0, 0.1) is 0 Å². The molecule has 1 aliphatic rings. The summed E-state index contributed by atoms with van der Waals surface area (Å²) in [4.78, 5) is 4.83. The quantitative estimate of drug-likeness (QED) is 0.694. The number of hydrogen-bond donors (Lipinski definition) is 1. The highest BCUT2D eigenvalue weighted by Crippen LogP contribution is 2.27. The number of hydrogen-bond acceptors (Lipinski definition) is 4. The minimum absolute atomic E-state index is 0.217. The van der Waals surface area contributed by atoms with Gasteiger partial charge in [0.2, 0.25) is 0 Å². The van der Waals surface area contributed by atoms with Crippen LogP contribution in [0.4, 0.5) is 0 Å². The molecule has 0 spiro atoms. The van der Waals surface area contributed by atoms with Crippen molar-refractivity contribution < 1.29 is 9.84 Å². The molecule has 0 aliphatic carbocycles. The van der Waals surface area contributed by atoms with Crippen molar-refractivity contribution in [2.24, 2.45) is 0 Å². The summed E-state index contributed by atoms with van der Waals surface area (Å²) in [7, 11) is 0. The Bertz CT molecular complexity index is 522. The molecule has 0 bridgehead atoms. The smallest absolute Gasteiger partial charge is 0.138 e. The lowest BCUT2D eigenvalue weighted by Crippen LogP contribution is -2.44. The van der Waals surface area contributed by atoms with E-state index in [9.17, 15) is 5.11 Å². The molecule has 1 heterocycles. The Kier molecular flexibility index (Phi) is 8.80. The third-order valence-corrected chi connectivity index (χ3v) is 5.18. The van der Waals surface area contributed by atoms with E-state index in [1.54, 1.807) is 18.2 Å². The van der Waals surface area contributed by atoms with Gasteiger partial charge in [-0.25, -0.2) is 0 Å². The lowest BCUT2D eigenvalue weighted by Gasteiger charge is -2.33. The molecule has 0 saturated carbocycles. The molecule has 0 radical (unpaired) electrons. The first kappa shape index (κ1) is 20.8. The minimum Gasteiger partial charge on any atom is -0.489 e. The molecule has 1 unspecified atom stereocenters. The molecule has 1 N–H and O–H groups in total. The van der Waals surface area contributed by atoms with Gasteiger partial charge in [-0.1, -0.05) is 29.6 Å². The second-order valence-corrected chi connectivity index (χ2v) is 7.87. The van der Waals surface area contributed by atoms with Crippen LogP contribution in [0.2, 0.25) is 10.0 Å². The van der Waals surface area contributed by atoms with Gasteiger partial charge in [0.05, 0.1) is 5.02 Å². The second-order valence-electron chi connectivity index (χ2n) is 7.03. The molecule has 1 fully saturated rings. The number of piperidine rings is 1. The zero-order valence-electron chi connectivity index (χ0n) is 15.3. The fourth-order valence-electron chi connectivity index (χ4n) is 3.11. The van der Waals surface area contributed by atoms with Gasteiger partial charge >= 0.3 is 0 Å². The molecule has 1 atom stereocenters. The Balaban J connectivity index is 1.77. The van der Waals surface area contributed by atoms with E-state index >= 15 is 0 Å². The van der Waals surface area contributed by atoms with Crippen LogP contribution < -0.4 is 4.74 Å². The maximum Gasteiger partial charge on any atom is 0.138 e. The van der Waals surface area contributed by atoms with E-state index in [-0.39, 0.29) is 6.61 Å². The fraction of sp³-hybridized carbons (Fsp3) is 0.684. The van der Waals surface area contributed by atoms with Crippen molar-refractivity contribution in [3.8, 4) is 5.75 Å². The monoisotopic (exact) mass is 388 g/mol. The van der Waals surface area contributed by atoms with Crippen LogP contribution in [0.25, 0.3) is 0 Å². The van der Waals surface area contributed by atoms with Crippen molar-refractivity contribution in [1.29, 1.82) is 0 Å². The number of rotatable bonds is 9. The summed E-state index contributed by atoms with van der Waals surface area (Å²) in [6.07, 6.45) is 3.41. The van der Waals surface area contributed by atoms with Crippen LogP contribution in [0.5, 0.6) is 5.75 Å². The van der Waals surface area contributed by atoms with Gasteiger partial charge in [-0.3, -0.25) is 4.90 Å². The lowest BCUT2D eigenvalue weighted by molar-refractivity contribution is 0.0518. The van der Waals surface area contributed by atoms with Gasteiger partial charge in [0.1, 0.15) is 18.5 Å². The van der Waals surface area contributed by atoms with E-state index in [0.717, 1.165) is 13.1 Å². The molecule has 0 aromatic heterocycles. The summed E-state index contributed by atoms with van der Waals surface area (Å²) >= 11 is 12.0. The largest absolute Gasteiger partial charge is 0.489 e. The molecule has 142 valence electrons. The van der Waals surface area contributed by atoms with E-state index in [1.165, 1.54) is 32.4 Å². The summed E-state index contributed by atoms with van der Waals surface area (Å²) < 4.78 is 5.65. The van der Waals surface area contributed by atoms with Gasteiger partial charge in [0.15, 0.2) is 0 Å². The van der Waals surface area contributed by atoms with Gasteiger partial charge in [-0.05, 0) is 58.0 Å². The van der Waals surface area contributed by atoms with E-state index in [4.69, 9.17) is 27.9 Å². The van der Waals surface area contributed by atoms with Crippen LogP contribution in [0.3, 0.4) is 0 Å². The Morgan fingerprint density at radius 3 is 2.56 bits per heavy atom. The number of aliphatic hydroxyl groups is 1. The van der Waals surface area contributed by atoms with Crippen LogP contribution in [0.15, 0.2) is 18.2 Å². The molecule has 0 amide bonds. The van der Waals surface area contributed by atoms with Crippen molar-refractivity contribution in [2.75, 3.05) is 39.3 Å². The first-order valence-electron chi connectivity index (χ1n) is 9.18. The van der Waals surface area contributed by atoms with Crippen LogP contribution >= 0.6 is 23.2 Å². The van der Waals surface area contributed by atoms with Gasteiger partial charge in [-0.2, -0.15) is 0 Å². The minimum atomic E-state index is -0.560. The zero-order chi connectivity index (χ0) is 18.2. The van der Waals surface area contributed by atoms with Gasteiger partial charge < -0.3 is 14.7 Å². The van der Waals surface area contributed by atoms with Gasteiger partial charge in [0, 0.05) is 30.7 Å².